The molecule has 3 aromatic carbocycles. The van der Waals surface area contributed by atoms with Gasteiger partial charge in [-0.3, -0.25) is 0 Å². The highest BCUT2D eigenvalue weighted by Crippen LogP contribution is 2.29. The van der Waals surface area contributed by atoms with Crippen molar-refractivity contribution in [3.8, 4) is 0 Å². The Kier molecular flexibility index (Phi) is 3.83. The molecule has 0 aliphatic heterocycles. The summed E-state index contributed by atoms with van der Waals surface area (Å²) in [5.74, 6) is 0. The Balaban J connectivity index is 2.17. The zero-order valence-corrected chi connectivity index (χ0v) is 11.7. The lowest BCUT2D eigenvalue weighted by atomic mass is 9.94. The van der Waals surface area contributed by atoms with Gasteiger partial charge in [0.05, 0.1) is 0 Å². The number of para-hydroxylation sites is 1. The third-order valence-electron chi connectivity index (χ3n) is 3.45. The molecular formula is C20H17N. The van der Waals surface area contributed by atoms with Gasteiger partial charge in [0.25, 0.3) is 0 Å². The fourth-order valence-corrected chi connectivity index (χ4v) is 2.39. The second kappa shape index (κ2) is 6.10. The quantitative estimate of drug-likeness (QED) is 0.534. The molecule has 3 rings (SSSR count). The predicted octanol–water partition coefficient (Wildman–Crippen LogP) is 4.86. The molecule has 0 radical (unpaired) electrons. The van der Waals surface area contributed by atoms with E-state index in [2.05, 4.69) is 36.4 Å². The summed E-state index contributed by atoms with van der Waals surface area (Å²) < 4.78 is 0. The van der Waals surface area contributed by atoms with Crippen molar-refractivity contribution in [3.05, 3.63) is 102 Å². The lowest BCUT2D eigenvalue weighted by Crippen LogP contribution is -1.95. The Morgan fingerprint density at radius 2 is 1.24 bits per heavy atom. The Labute approximate surface area is 125 Å². The van der Waals surface area contributed by atoms with E-state index in [4.69, 9.17) is 5.73 Å². The van der Waals surface area contributed by atoms with Crippen LogP contribution in [0.2, 0.25) is 0 Å². The Morgan fingerprint density at radius 3 is 1.90 bits per heavy atom. The number of hydrogen-bond acceptors (Lipinski definition) is 1. The molecule has 0 aliphatic carbocycles. The molecule has 0 unspecified atom stereocenters. The molecule has 3 aromatic rings. The van der Waals surface area contributed by atoms with Gasteiger partial charge < -0.3 is 5.73 Å². The van der Waals surface area contributed by atoms with Crippen molar-refractivity contribution < 1.29 is 0 Å². The first kappa shape index (κ1) is 13.2. The number of rotatable bonds is 3. The highest BCUT2D eigenvalue weighted by molar-refractivity contribution is 5.94. The van der Waals surface area contributed by atoms with E-state index < -0.39 is 0 Å². The SMILES string of the molecule is Nc1ccccc1/C(=C/c1ccccc1)c1ccccc1. The number of anilines is 1. The van der Waals surface area contributed by atoms with Gasteiger partial charge in [0, 0.05) is 11.3 Å². The van der Waals surface area contributed by atoms with E-state index >= 15 is 0 Å². The summed E-state index contributed by atoms with van der Waals surface area (Å²) in [5.41, 5.74) is 11.5. The second-order valence-corrected chi connectivity index (χ2v) is 4.92. The fraction of sp³-hybridized carbons (Fsp3) is 0. The van der Waals surface area contributed by atoms with Crippen molar-refractivity contribution >= 4 is 17.3 Å². The predicted molar refractivity (Wildman–Crippen MR) is 90.7 cm³/mol. The van der Waals surface area contributed by atoms with Crippen molar-refractivity contribution in [2.45, 2.75) is 0 Å². The summed E-state index contributed by atoms with van der Waals surface area (Å²) in [4.78, 5) is 0. The molecule has 1 nitrogen and oxygen atoms in total. The highest BCUT2D eigenvalue weighted by atomic mass is 14.6. The van der Waals surface area contributed by atoms with E-state index in [1.165, 1.54) is 11.1 Å². The molecule has 102 valence electrons. The topological polar surface area (TPSA) is 26.0 Å². The lowest BCUT2D eigenvalue weighted by Gasteiger charge is -2.11. The normalized spacial score (nSPS) is 11.3. The lowest BCUT2D eigenvalue weighted by molar-refractivity contribution is 1.55. The summed E-state index contributed by atoms with van der Waals surface area (Å²) in [6, 6.07) is 28.7. The molecule has 0 aliphatic rings. The average Bonchev–Trinajstić information content (AvgIpc) is 2.55. The Hall–Kier alpha value is -2.80. The molecule has 0 atom stereocenters. The average molecular weight is 271 g/mol. The van der Waals surface area contributed by atoms with Crippen LogP contribution in [0.4, 0.5) is 5.69 Å². The summed E-state index contributed by atoms with van der Waals surface area (Å²) in [7, 11) is 0. The maximum atomic E-state index is 6.17. The van der Waals surface area contributed by atoms with Crippen molar-refractivity contribution in [2.24, 2.45) is 0 Å². The molecule has 0 heterocycles. The molecule has 0 spiro atoms. The standard InChI is InChI=1S/C20H17N/c21-20-14-8-7-13-18(20)19(17-11-5-2-6-12-17)15-16-9-3-1-4-10-16/h1-15H,21H2/b19-15+. The molecule has 0 bridgehead atoms. The van der Waals surface area contributed by atoms with Crippen molar-refractivity contribution in [3.63, 3.8) is 0 Å². The van der Waals surface area contributed by atoms with Crippen molar-refractivity contribution in [2.75, 3.05) is 5.73 Å². The smallest absolute Gasteiger partial charge is 0.0393 e. The zero-order valence-electron chi connectivity index (χ0n) is 11.7. The van der Waals surface area contributed by atoms with Gasteiger partial charge >= 0.3 is 0 Å². The summed E-state index contributed by atoms with van der Waals surface area (Å²) >= 11 is 0. The van der Waals surface area contributed by atoms with Gasteiger partial charge in [0.15, 0.2) is 0 Å². The third-order valence-corrected chi connectivity index (χ3v) is 3.45. The first-order chi connectivity index (χ1) is 10.3. The van der Waals surface area contributed by atoms with Gasteiger partial charge in [-0.1, -0.05) is 78.9 Å². The molecule has 2 N–H and O–H groups in total. The van der Waals surface area contributed by atoms with Crippen LogP contribution in [-0.4, -0.2) is 0 Å². The van der Waals surface area contributed by atoms with E-state index in [-0.39, 0.29) is 0 Å². The molecule has 0 saturated carbocycles. The van der Waals surface area contributed by atoms with Crippen LogP contribution in [0.1, 0.15) is 16.7 Å². The number of nitrogen functional groups attached to an aromatic ring is 1. The first-order valence-corrected chi connectivity index (χ1v) is 7.01. The molecule has 0 saturated heterocycles. The molecular weight excluding hydrogens is 254 g/mol. The second-order valence-electron chi connectivity index (χ2n) is 4.92. The minimum atomic E-state index is 0.795. The van der Waals surface area contributed by atoms with Gasteiger partial charge in [0.2, 0.25) is 0 Å². The van der Waals surface area contributed by atoms with E-state index in [0.29, 0.717) is 0 Å². The minimum absolute atomic E-state index is 0.795. The van der Waals surface area contributed by atoms with Crippen LogP contribution in [-0.2, 0) is 0 Å². The maximum absolute atomic E-state index is 6.17. The molecule has 21 heavy (non-hydrogen) atoms. The van der Waals surface area contributed by atoms with Crippen LogP contribution in [0.15, 0.2) is 84.9 Å². The zero-order chi connectivity index (χ0) is 14.5. The van der Waals surface area contributed by atoms with E-state index in [0.717, 1.165) is 16.8 Å². The van der Waals surface area contributed by atoms with Gasteiger partial charge in [-0.2, -0.15) is 0 Å². The molecule has 1 heteroatoms. The summed E-state index contributed by atoms with van der Waals surface area (Å²) in [5, 5.41) is 0. The van der Waals surface area contributed by atoms with Crippen LogP contribution in [0.3, 0.4) is 0 Å². The molecule has 0 amide bonds. The van der Waals surface area contributed by atoms with Crippen LogP contribution < -0.4 is 5.73 Å². The van der Waals surface area contributed by atoms with Gasteiger partial charge in [-0.05, 0) is 28.8 Å². The number of benzene rings is 3. The summed E-state index contributed by atoms with van der Waals surface area (Å²) in [6.07, 6.45) is 2.18. The maximum Gasteiger partial charge on any atom is 0.0393 e. The first-order valence-electron chi connectivity index (χ1n) is 7.01. The number of nitrogens with two attached hydrogens (primary N) is 1. The van der Waals surface area contributed by atoms with Gasteiger partial charge in [-0.25, -0.2) is 0 Å². The van der Waals surface area contributed by atoms with Gasteiger partial charge in [0.1, 0.15) is 0 Å². The highest BCUT2D eigenvalue weighted by Gasteiger charge is 2.07. The van der Waals surface area contributed by atoms with Crippen LogP contribution in [0, 0.1) is 0 Å². The monoisotopic (exact) mass is 271 g/mol. The third kappa shape index (κ3) is 3.03. The minimum Gasteiger partial charge on any atom is -0.398 e. The molecule has 0 aromatic heterocycles. The van der Waals surface area contributed by atoms with Crippen molar-refractivity contribution in [1.82, 2.24) is 0 Å². The Morgan fingerprint density at radius 1 is 0.667 bits per heavy atom. The van der Waals surface area contributed by atoms with Crippen molar-refractivity contribution in [1.29, 1.82) is 0 Å². The fourth-order valence-electron chi connectivity index (χ4n) is 2.39. The van der Waals surface area contributed by atoms with Gasteiger partial charge in [-0.15, -0.1) is 0 Å². The van der Waals surface area contributed by atoms with Crippen LogP contribution in [0.5, 0.6) is 0 Å². The van der Waals surface area contributed by atoms with Crippen LogP contribution in [0.25, 0.3) is 11.6 Å². The van der Waals surface area contributed by atoms with E-state index in [9.17, 15) is 0 Å². The summed E-state index contributed by atoms with van der Waals surface area (Å²) in [6.45, 7) is 0. The van der Waals surface area contributed by atoms with E-state index in [1.807, 2.05) is 54.6 Å². The molecule has 0 fully saturated rings. The van der Waals surface area contributed by atoms with E-state index in [1.54, 1.807) is 0 Å². The largest absolute Gasteiger partial charge is 0.398 e. The Bertz CT molecular complexity index is 743. The van der Waals surface area contributed by atoms with Crippen LogP contribution >= 0.6 is 0 Å². The number of hydrogen-bond donors (Lipinski definition) is 1.